The topological polar surface area (TPSA) is 12.0 Å². The van der Waals surface area contributed by atoms with Crippen LogP contribution in [0.2, 0.25) is 0 Å². The van der Waals surface area contributed by atoms with Gasteiger partial charge in [-0.15, -0.1) is 0 Å². The Morgan fingerprint density at radius 2 is 1.62 bits per heavy atom. The van der Waals surface area contributed by atoms with Crippen molar-refractivity contribution in [1.29, 1.82) is 0 Å². The number of benzene rings is 2. The summed E-state index contributed by atoms with van der Waals surface area (Å²) in [5.74, 6) is 0. The van der Waals surface area contributed by atoms with Gasteiger partial charge in [-0.05, 0) is 35.8 Å². The molecule has 0 amide bonds. The SMILES string of the molecule is CCc1ccc(NC(=Cc2ccccc2)C(F)(F)F)cc1. The van der Waals surface area contributed by atoms with Gasteiger partial charge >= 0.3 is 6.18 Å². The summed E-state index contributed by atoms with van der Waals surface area (Å²) in [5, 5.41) is 2.45. The Labute approximate surface area is 122 Å². The van der Waals surface area contributed by atoms with Gasteiger partial charge in [-0.2, -0.15) is 13.2 Å². The number of anilines is 1. The van der Waals surface area contributed by atoms with Gasteiger partial charge < -0.3 is 5.32 Å². The highest BCUT2D eigenvalue weighted by Crippen LogP contribution is 2.28. The fourth-order valence-electron chi connectivity index (χ4n) is 1.88. The Morgan fingerprint density at radius 1 is 1.00 bits per heavy atom. The minimum Gasteiger partial charge on any atom is -0.352 e. The normalized spacial score (nSPS) is 12.3. The van der Waals surface area contributed by atoms with Crippen LogP contribution in [0, 0.1) is 0 Å². The van der Waals surface area contributed by atoms with E-state index in [4.69, 9.17) is 0 Å². The summed E-state index contributed by atoms with van der Waals surface area (Å²) in [6.07, 6.45) is -2.47. The Morgan fingerprint density at radius 3 is 2.14 bits per heavy atom. The number of nitrogens with one attached hydrogen (secondary N) is 1. The maximum atomic E-state index is 13.1. The minimum atomic E-state index is -4.43. The Balaban J connectivity index is 2.27. The molecule has 0 saturated heterocycles. The molecular weight excluding hydrogens is 275 g/mol. The van der Waals surface area contributed by atoms with Crippen LogP contribution in [0.5, 0.6) is 0 Å². The monoisotopic (exact) mass is 291 g/mol. The number of aryl methyl sites for hydroxylation is 1. The zero-order valence-corrected chi connectivity index (χ0v) is 11.6. The third kappa shape index (κ3) is 4.38. The van der Waals surface area contributed by atoms with Crippen LogP contribution in [-0.2, 0) is 6.42 Å². The quantitative estimate of drug-likeness (QED) is 0.809. The van der Waals surface area contributed by atoms with E-state index in [2.05, 4.69) is 5.32 Å². The lowest BCUT2D eigenvalue weighted by Crippen LogP contribution is -2.18. The molecular formula is C17H16F3N. The molecule has 2 aromatic rings. The van der Waals surface area contributed by atoms with E-state index in [1.165, 1.54) is 0 Å². The molecule has 4 heteroatoms. The minimum absolute atomic E-state index is 0.423. The number of allylic oxidation sites excluding steroid dienone is 1. The first-order chi connectivity index (χ1) is 9.99. The van der Waals surface area contributed by atoms with Crippen LogP contribution < -0.4 is 5.32 Å². The first-order valence-electron chi connectivity index (χ1n) is 6.69. The van der Waals surface area contributed by atoms with Crippen LogP contribution in [0.1, 0.15) is 18.1 Å². The lowest BCUT2D eigenvalue weighted by Gasteiger charge is -2.15. The van der Waals surface area contributed by atoms with Crippen molar-refractivity contribution in [1.82, 2.24) is 0 Å². The van der Waals surface area contributed by atoms with E-state index in [9.17, 15) is 13.2 Å². The van der Waals surface area contributed by atoms with Gasteiger partial charge in [0.25, 0.3) is 0 Å². The van der Waals surface area contributed by atoms with Crippen molar-refractivity contribution in [3.63, 3.8) is 0 Å². The highest BCUT2D eigenvalue weighted by atomic mass is 19.4. The molecule has 0 unspecified atom stereocenters. The summed E-state index contributed by atoms with van der Waals surface area (Å²) in [6, 6.07) is 15.4. The second-order valence-electron chi connectivity index (χ2n) is 4.64. The van der Waals surface area contributed by atoms with Gasteiger partial charge in [-0.1, -0.05) is 49.4 Å². The summed E-state index contributed by atoms with van der Waals surface area (Å²) in [6.45, 7) is 2.00. The van der Waals surface area contributed by atoms with E-state index < -0.39 is 11.9 Å². The van der Waals surface area contributed by atoms with Crippen LogP contribution in [0.15, 0.2) is 60.3 Å². The molecule has 0 fully saturated rings. The molecule has 1 nitrogen and oxygen atoms in total. The molecule has 0 aromatic heterocycles. The second-order valence-corrected chi connectivity index (χ2v) is 4.64. The van der Waals surface area contributed by atoms with Crippen molar-refractivity contribution in [3.8, 4) is 0 Å². The van der Waals surface area contributed by atoms with Crippen LogP contribution in [0.25, 0.3) is 6.08 Å². The highest BCUT2D eigenvalue weighted by Gasteiger charge is 2.33. The second kappa shape index (κ2) is 6.48. The van der Waals surface area contributed by atoms with Gasteiger partial charge in [0.1, 0.15) is 5.70 Å². The van der Waals surface area contributed by atoms with Crippen LogP contribution in [-0.4, -0.2) is 6.18 Å². The van der Waals surface area contributed by atoms with Gasteiger partial charge in [-0.3, -0.25) is 0 Å². The largest absolute Gasteiger partial charge is 0.431 e. The maximum Gasteiger partial charge on any atom is 0.431 e. The summed E-state index contributed by atoms with van der Waals surface area (Å²) < 4.78 is 39.3. The average molecular weight is 291 g/mol. The van der Waals surface area contributed by atoms with Crippen LogP contribution in [0.4, 0.5) is 18.9 Å². The highest BCUT2D eigenvalue weighted by molar-refractivity contribution is 5.61. The van der Waals surface area contributed by atoms with E-state index >= 15 is 0 Å². The Bertz CT molecular complexity index is 598. The molecule has 0 atom stereocenters. The summed E-state index contributed by atoms with van der Waals surface area (Å²) in [7, 11) is 0. The summed E-state index contributed by atoms with van der Waals surface area (Å²) in [4.78, 5) is 0. The van der Waals surface area contributed by atoms with Gasteiger partial charge in [-0.25, -0.2) is 0 Å². The third-order valence-electron chi connectivity index (χ3n) is 3.06. The molecule has 0 aliphatic heterocycles. The fraction of sp³-hybridized carbons (Fsp3) is 0.176. The van der Waals surface area contributed by atoms with Gasteiger partial charge in [0.05, 0.1) is 0 Å². The molecule has 0 aliphatic rings. The Hall–Kier alpha value is -2.23. The van der Waals surface area contributed by atoms with E-state index in [1.54, 1.807) is 42.5 Å². The number of hydrogen-bond acceptors (Lipinski definition) is 1. The van der Waals surface area contributed by atoms with Crippen molar-refractivity contribution >= 4 is 11.8 Å². The van der Waals surface area contributed by atoms with E-state index in [1.807, 2.05) is 19.1 Å². The van der Waals surface area contributed by atoms with E-state index in [-0.39, 0.29) is 0 Å². The van der Waals surface area contributed by atoms with Gasteiger partial charge in [0.2, 0.25) is 0 Å². The van der Waals surface area contributed by atoms with Crippen molar-refractivity contribution in [2.24, 2.45) is 0 Å². The third-order valence-corrected chi connectivity index (χ3v) is 3.06. The first kappa shape index (κ1) is 15.2. The van der Waals surface area contributed by atoms with Crippen molar-refractivity contribution in [2.75, 3.05) is 5.32 Å². The molecule has 110 valence electrons. The summed E-state index contributed by atoms with van der Waals surface area (Å²) >= 11 is 0. The fourth-order valence-corrected chi connectivity index (χ4v) is 1.88. The predicted octanol–water partition coefficient (Wildman–Crippen LogP) is 5.26. The smallest absolute Gasteiger partial charge is 0.352 e. The summed E-state index contributed by atoms with van der Waals surface area (Å²) in [5.41, 5.74) is 1.23. The average Bonchev–Trinajstić information content (AvgIpc) is 2.47. The molecule has 0 radical (unpaired) electrons. The molecule has 0 spiro atoms. The molecule has 21 heavy (non-hydrogen) atoms. The molecule has 0 heterocycles. The van der Waals surface area contributed by atoms with Crippen molar-refractivity contribution < 1.29 is 13.2 Å². The molecule has 2 aromatic carbocycles. The standard InChI is InChI=1S/C17H16F3N/c1-2-13-8-10-15(11-9-13)21-16(17(18,19)20)12-14-6-4-3-5-7-14/h3-12,21H,2H2,1H3. The van der Waals surface area contributed by atoms with E-state index in [0.717, 1.165) is 18.1 Å². The van der Waals surface area contributed by atoms with Crippen molar-refractivity contribution in [3.05, 3.63) is 71.4 Å². The zero-order chi connectivity index (χ0) is 15.3. The molecule has 0 bridgehead atoms. The number of hydrogen-bond donors (Lipinski definition) is 1. The molecule has 0 aliphatic carbocycles. The Kier molecular flexibility index (Phi) is 4.68. The zero-order valence-electron chi connectivity index (χ0n) is 11.6. The molecule has 2 rings (SSSR count). The van der Waals surface area contributed by atoms with E-state index in [0.29, 0.717) is 11.3 Å². The van der Waals surface area contributed by atoms with Crippen LogP contribution >= 0.6 is 0 Å². The van der Waals surface area contributed by atoms with Crippen molar-refractivity contribution in [2.45, 2.75) is 19.5 Å². The molecule has 0 saturated carbocycles. The molecule has 1 N–H and O–H groups in total. The predicted molar refractivity (Wildman–Crippen MR) is 79.9 cm³/mol. The first-order valence-corrected chi connectivity index (χ1v) is 6.69. The number of halogens is 3. The lowest BCUT2D eigenvalue weighted by molar-refractivity contribution is -0.0893. The number of alkyl halides is 3. The number of rotatable bonds is 4. The maximum absolute atomic E-state index is 13.1. The van der Waals surface area contributed by atoms with Crippen LogP contribution in [0.3, 0.4) is 0 Å². The van der Waals surface area contributed by atoms with Gasteiger partial charge in [0.15, 0.2) is 0 Å². The van der Waals surface area contributed by atoms with Gasteiger partial charge in [0, 0.05) is 5.69 Å². The lowest BCUT2D eigenvalue weighted by atomic mass is 10.1.